The van der Waals surface area contributed by atoms with E-state index in [1.807, 2.05) is 6.92 Å². The second-order valence-corrected chi connectivity index (χ2v) is 4.79. The van der Waals surface area contributed by atoms with Gasteiger partial charge in [0.05, 0.1) is 22.7 Å². The van der Waals surface area contributed by atoms with Gasteiger partial charge in [0, 0.05) is 17.2 Å². The molecule has 0 radical (unpaired) electrons. The molecule has 6 heteroatoms. The van der Waals surface area contributed by atoms with Gasteiger partial charge in [0.2, 0.25) is 0 Å². The molecule has 1 aromatic rings. The molecule has 0 aromatic carbocycles. The van der Waals surface area contributed by atoms with Crippen LogP contribution in [0.2, 0.25) is 0 Å². The first-order chi connectivity index (χ1) is 7.16. The summed E-state index contributed by atoms with van der Waals surface area (Å²) in [5.41, 5.74) is 1.04. The number of nitrogens with zero attached hydrogens (tertiary/aromatic N) is 2. The highest BCUT2D eigenvalue weighted by Crippen LogP contribution is 2.42. The highest BCUT2D eigenvalue weighted by Gasteiger charge is 2.27. The molecule has 1 aliphatic carbocycles. The summed E-state index contributed by atoms with van der Waals surface area (Å²) in [6.07, 6.45) is 3.17. The topological polar surface area (TPSA) is 65.8 Å². The number of rotatable bonds is 5. The highest BCUT2D eigenvalue weighted by atomic mass is 32.1. The Labute approximate surface area is 91.8 Å². The third kappa shape index (κ3) is 2.96. The second kappa shape index (κ2) is 4.54. The Balaban J connectivity index is 1.89. The largest absolute Gasteiger partial charge is 0.266 e. The maximum atomic E-state index is 8.36. The lowest BCUT2D eigenvalue weighted by molar-refractivity contribution is -0.492. The fraction of sp³-hybridized carbons (Fsp3) is 0.667. The van der Waals surface area contributed by atoms with Gasteiger partial charge >= 0.3 is 0 Å². The average Bonchev–Trinajstić information content (AvgIpc) is 2.93. The first-order valence-electron chi connectivity index (χ1n) is 4.94. The lowest BCUT2D eigenvalue weighted by Crippen LogP contribution is -2.16. The molecule has 84 valence electrons. The van der Waals surface area contributed by atoms with Crippen molar-refractivity contribution in [1.82, 2.24) is 10.4 Å². The van der Waals surface area contributed by atoms with Gasteiger partial charge in [-0.25, -0.2) is 4.98 Å². The van der Waals surface area contributed by atoms with Crippen molar-refractivity contribution in [2.24, 2.45) is 0 Å². The first kappa shape index (κ1) is 11.0. The first-order valence-corrected chi connectivity index (χ1v) is 5.75. The molecule has 2 N–H and O–H groups in total. The molecule has 0 spiro atoms. The Morgan fingerprint density at radius 3 is 2.87 bits per heavy atom. The van der Waals surface area contributed by atoms with Crippen molar-refractivity contribution in [3.05, 3.63) is 15.6 Å². The summed E-state index contributed by atoms with van der Waals surface area (Å²) in [4.78, 5) is 10.2. The van der Waals surface area contributed by atoms with E-state index in [-0.39, 0.29) is 12.0 Å². The van der Waals surface area contributed by atoms with Crippen LogP contribution in [0.15, 0.2) is 0 Å². The standard InChI is InChI=1S/C9H14N2O3S/c1-6-8(4-5-14-11(12)13)15-9(10-6)7-2-3-7/h7,12-13H,2-5H2,1H3. The Bertz CT molecular complexity index is 336. The van der Waals surface area contributed by atoms with Gasteiger partial charge in [0.1, 0.15) is 0 Å². The summed E-state index contributed by atoms with van der Waals surface area (Å²) in [6, 6.07) is 0. The maximum Gasteiger partial charge on any atom is 0.0961 e. The van der Waals surface area contributed by atoms with E-state index >= 15 is 0 Å². The number of aryl methyl sites for hydroxylation is 1. The van der Waals surface area contributed by atoms with Gasteiger partial charge in [-0.1, -0.05) is 0 Å². The van der Waals surface area contributed by atoms with Crippen LogP contribution >= 0.6 is 11.3 Å². The summed E-state index contributed by atoms with van der Waals surface area (Å²) in [5.74, 6) is 0.676. The van der Waals surface area contributed by atoms with Crippen LogP contribution in [0.4, 0.5) is 0 Å². The number of hydrogen-bond acceptors (Lipinski definition) is 6. The molecule has 1 aliphatic rings. The molecule has 1 heterocycles. The van der Waals surface area contributed by atoms with Crippen molar-refractivity contribution in [1.29, 1.82) is 0 Å². The van der Waals surface area contributed by atoms with Gasteiger partial charge in [-0.2, -0.15) is 0 Å². The van der Waals surface area contributed by atoms with Crippen LogP contribution in [0.3, 0.4) is 0 Å². The molecule has 0 amide bonds. The van der Waals surface area contributed by atoms with Crippen LogP contribution in [0.5, 0.6) is 0 Å². The molecule has 0 atom stereocenters. The summed E-state index contributed by atoms with van der Waals surface area (Å²) in [6.45, 7) is 2.23. The Morgan fingerprint density at radius 2 is 2.27 bits per heavy atom. The van der Waals surface area contributed by atoms with Crippen molar-refractivity contribution in [3.8, 4) is 0 Å². The lowest BCUT2D eigenvalue weighted by atomic mass is 10.3. The molecule has 5 nitrogen and oxygen atoms in total. The molecular weight excluding hydrogens is 216 g/mol. The zero-order valence-electron chi connectivity index (χ0n) is 8.51. The van der Waals surface area contributed by atoms with Crippen LogP contribution in [0.1, 0.15) is 34.3 Å². The van der Waals surface area contributed by atoms with Crippen molar-refractivity contribution in [2.75, 3.05) is 6.61 Å². The Hall–Kier alpha value is -0.530. The van der Waals surface area contributed by atoms with E-state index in [9.17, 15) is 0 Å². The minimum Gasteiger partial charge on any atom is -0.266 e. The molecule has 15 heavy (non-hydrogen) atoms. The SMILES string of the molecule is Cc1nc(C2CC2)sc1CCON(O)O. The van der Waals surface area contributed by atoms with E-state index in [1.54, 1.807) is 11.3 Å². The molecule has 0 aliphatic heterocycles. The molecule has 1 saturated carbocycles. The number of aromatic nitrogens is 1. The fourth-order valence-electron chi connectivity index (χ4n) is 1.41. The average molecular weight is 230 g/mol. The van der Waals surface area contributed by atoms with E-state index in [4.69, 9.17) is 10.4 Å². The zero-order chi connectivity index (χ0) is 10.8. The number of thiazole rings is 1. The van der Waals surface area contributed by atoms with Gasteiger partial charge in [0.25, 0.3) is 0 Å². The molecule has 0 unspecified atom stereocenters. The fourth-order valence-corrected chi connectivity index (χ4v) is 2.62. The predicted molar refractivity (Wildman–Crippen MR) is 53.9 cm³/mol. The number of hydrogen-bond donors (Lipinski definition) is 2. The van der Waals surface area contributed by atoms with Crippen LogP contribution in [0.25, 0.3) is 0 Å². The highest BCUT2D eigenvalue weighted by molar-refractivity contribution is 7.11. The minimum atomic E-state index is -0.252. The van der Waals surface area contributed by atoms with E-state index in [1.165, 1.54) is 22.7 Å². The van der Waals surface area contributed by atoms with Crippen LogP contribution < -0.4 is 0 Å². The van der Waals surface area contributed by atoms with Gasteiger partial charge < -0.3 is 0 Å². The normalized spacial score (nSPS) is 16.3. The van der Waals surface area contributed by atoms with Crippen LogP contribution in [-0.2, 0) is 11.3 Å². The van der Waals surface area contributed by atoms with Crippen molar-refractivity contribution in [3.63, 3.8) is 0 Å². The van der Waals surface area contributed by atoms with Crippen LogP contribution in [-0.4, -0.2) is 27.4 Å². The molecular formula is C9H14N2O3S. The van der Waals surface area contributed by atoms with Gasteiger partial charge in [-0.3, -0.25) is 15.3 Å². The Kier molecular flexibility index (Phi) is 3.32. The van der Waals surface area contributed by atoms with Crippen molar-refractivity contribution < 1.29 is 15.3 Å². The van der Waals surface area contributed by atoms with E-state index in [0.717, 1.165) is 5.69 Å². The van der Waals surface area contributed by atoms with Gasteiger partial charge in [0.15, 0.2) is 0 Å². The minimum absolute atomic E-state index is 0.250. The van der Waals surface area contributed by atoms with E-state index in [2.05, 4.69) is 9.82 Å². The third-order valence-electron chi connectivity index (χ3n) is 2.37. The molecule has 0 bridgehead atoms. The second-order valence-electron chi connectivity index (χ2n) is 3.67. The van der Waals surface area contributed by atoms with E-state index in [0.29, 0.717) is 12.3 Å². The van der Waals surface area contributed by atoms with Gasteiger partial charge in [-0.05, 0) is 19.8 Å². The predicted octanol–water partition coefficient (Wildman–Crippen LogP) is 1.88. The Morgan fingerprint density at radius 1 is 1.53 bits per heavy atom. The quantitative estimate of drug-likeness (QED) is 0.756. The summed E-state index contributed by atoms with van der Waals surface area (Å²) in [7, 11) is 0. The summed E-state index contributed by atoms with van der Waals surface area (Å²) in [5, 5.41) is 17.7. The summed E-state index contributed by atoms with van der Waals surface area (Å²) >= 11 is 1.71. The summed E-state index contributed by atoms with van der Waals surface area (Å²) < 4.78 is 0. The van der Waals surface area contributed by atoms with Gasteiger partial charge in [-0.15, -0.1) is 11.3 Å². The lowest BCUT2D eigenvalue weighted by Gasteiger charge is -2.04. The monoisotopic (exact) mass is 230 g/mol. The van der Waals surface area contributed by atoms with Crippen molar-refractivity contribution in [2.45, 2.75) is 32.1 Å². The van der Waals surface area contributed by atoms with E-state index < -0.39 is 0 Å². The third-order valence-corrected chi connectivity index (χ3v) is 3.75. The van der Waals surface area contributed by atoms with Crippen molar-refractivity contribution >= 4 is 11.3 Å². The zero-order valence-corrected chi connectivity index (χ0v) is 9.33. The smallest absolute Gasteiger partial charge is 0.0961 e. The molecule has 0 saturated heterocycles. The molecule has 1 fully saturated rings. The van der Waals surface area contributed by atoms with Crippen LogP contribution in [0, 0.1) is 6.92 Å². The molecule has 2 rings (SSSR count). The maximum absolute atomic E-state index is 8.36. The molecule has 1 aromatic heterocycles.